The van der Waals surface area contributed by atoms with Crippen LogP contribution in [0.4, 0.5) is 5.69 Å². The van der Waals surface area contributed by atoms with Gasteiger partial charge in [-0.15, -0.1) is 0 Å². The fourth-order valence-electron chi connectivity index (χ4n) is 2.38. The van der Waals surface area contributed by atoms with E-state index in [0.717, 1.165) is 0 Å². The molecule has 0 aliphatic carbocycles. The Morgan fingerprint density at radius 1 is 1.42 bits per heavy atom. The van der Waals surface area contributed by atoms with Crippen LogP contribution in [0.15, 0.2) is 36.7 Å². The summed E-state index contributed by atoms with van der Waals surface area (Å²) >= 11 is 5.78. The van der Waals surface area contributed by atoms with Gasteiger partial charge in [-0.3, -0.25) is 19.6 Å². The molecule has 0 aliphatic heterocycles. The standard InChI is InChI=1S/C16H19ClN4O5/c1-10(7-20-8-12(17)6-18-20)16(24)19-14(9-22)15(23)11-2-4-13(5-3-11)21(25)26/h2-6,8,10,14-15,22-23H,7,9H2,1H3,(H,19,24). The maximum absolute atomic E-state index is 12.3. The molecule has 0 spiro atoms. The van der Waals surface area contributed by atoms with Gasteiger partial charge in [0.2, 0.25) is 5.91 Å². The molecule has 0 saturated heterocycles. The summed E-state index contributed by atoms with van der Waals surface area (Å²) in [5.74, 6) is -0.860. The molecule has 1 aromatic heterocycles. The SMILES string of the molecule is CC(Cn1cc(Cl)cn1)C(=O)NC(CO)C(O)c1ccc([N+](=O)[O-])cc1. The van der Waals surface area contributed by atoms with Crippen molar-refractivity contribution in [1.82, 2.24) is 15.1 Å². The van der Waals surface area contributed by atoms with Crippen LogP contribution >= 0.6 is 11.6 Å². The zero-order valence-corrected chi connectivity index (χ0v) is 14.7. The van der Waals surface area contributed by atoms with Gasteiger partial charge in [-0.25, -0.2) is 0 Å². The average Bonchev–Trinajstić information content (AvgIpc) is 3.03. The zero-order chi connectivity index (χ0) is 19.3. The Hall–Kier alpha value is -2.49. The van der Waals surface area contributed by atoms with Gasteiger partial charge >= 0.3 is 0 Å². The first-order valence-corrected chi connectivity index (χ1v) is 8.21. The maximum atomic E-state index is 12.3. The number of hydrogen-bond acceptors (Lipinski definition) is 6. The van der Waals surface area contributed by atoms with Crippen LogP contribution in [0, 0.1) is 16.0 Å². The summed E-state index contributed by atoms with van der Waals surface area (Å²) in [6.45, 7) is 1.46. The van der Waals surface area contributed by atoms with E-state index in [-0.39, 0.29) is 18.1 Å². The lowest BCUT2D eigenvalue weighted by Gasteiger charge is -2.24. The minimum atomic E-state index is -1.21. The van der Waals surface area contributed by atoms with E-state index >= 15 is 0 Å². The number of amides is 1. The molecule has 3 atom stereocenters. The highest BCUT2D eigenvalue weighted by atomic mass is 35.5. The molecule has 1 heterocycles. The predicted molar refractivity (Wildman–Crippen MR) is 93.5 cm³/mol. The lowest BCUT2D eigenvalue weighted by molar-refractivity contribution is -0.384. The van der Waals surface area contributed by atoms with E-state index in [1.165, 1.54) is 35.1 Å². The van der Waals surface area contributed by atoms with E-state index in [9.17, 15) is 25.1 Å². The predicted octanol–water partition coefficient (Wildman–Crippen LogP) is 1.29. The van der Waals surface area contributed by atoms with Crippen molar-refractivity contribution >= 4 is 23.2 Å². The number of aliphatic hydroxyl groups excluding tert-OH is 2. The number of nitrogens with zero attached hydrogens (tertiary/aromatic N) is 3. The number of aromatic nitrogens is 2. The molecular weight excluding hydrogens is 364 g/mol. The van der Waals surface area contributed by atoms with Crippen LogP contribution in [0.3, 0.4) is 0 Å². The summed E-state index contributed by atoms with van der Waals surface area (Å²) in [5, 5.41) is 37.6. The van der Waals surface area contributed by atoms with E-state index in [1.54, 1.807) is 13.1 Å². The lowest BCUT2D eigenvalue weighted by atomic mass is 10.0. The van der Waals surface area contributed by atoms with Gasteiger partial charge < -0.3 is 15.5 Å². The molecule has 1 aromatic carbocycles. The topological polar surface area (TPSA) is 131 Å². The fraction of sp³-hybridized carbons (Fsp3) is 0.375. The van der Waals surface area contributed by atoms with Crippen LogP contribution in [0.5, 0.6) is 0 Å². The van der Waals surface area contributed by atoms with Crippen molar-refractivity contribution < 1.29 is 19.9 Å². The van der Waals surface area contributed by atoms with Gasteiger partial charge in [-0.2, -0.15) is 5.10 Å². The first-order chi connectivity index (χ1) is 12.3. The third kappa shape index (κ3) is 5.01. The third-order valence-electron chi connectivity index (χ3n) is 3.86. The summed E-state index contributed by atoms with van der Waals surface area (Å²) in [6, 6.07) is 4.31. The van der Waals surface area contributed by atoms with Gasteiger partial charge in [-0.05, 0) is 17.7 Å². The summed E-state index contributed by atoms with van der Waals surface area (Å²) < 4.78 is 1.52. The molecule has 0 fully saturated rings. The summed E-state index contributed by atoms with van der Waals surface area (Å²) in [4.78, 5) is 22.4. The Kier molecular flexibility index (Phi) is 6.67. The molecule has 0 aliphatic rings. The fourth-order valence-corrected chi connectivity index (χ4v) is 2.53. The summed E-state index contributed by atoms with van der Waals surface area (Å²) in [5.41, 5.74) is 0.235. The average molecular weight is 383 g/mol. The second kappa shape index (κ2) is 8.75. The number of carbonyl (C=O) groups excluding carboxylic acids is 1. The van der Waals surface area contributed by atoms with Gasteiger partial charge in [0.05, 0.1) is 41.3 Å². The number of halogens is 1. The molecule has 1 amide bonds. The minimum absolute atomic E-state index is 0.114. The van der Waals surface area contributed by atoms with E-state index in [2.05, 4.69) is 10.4 Å². The van der Waals surface area contributed by atoms with E-state index in [0.29, 0.717) is 10.6 Å². The highest BCUT2D eigenvalue weighted by Gasteiger charge is 2.25. The Morgan fingerprint density at radius 3 is 2.58 bits per heavy atom. The van der Waals surface area contributed by atoms with Crippen molar-refractivity contribution in [2.24, 2.45) is 5.92 Å². The van der Waals surface area contributed by atoms with Crippen molar-refractivity contribution in [2.75, 3.05) is 6.61 Å². The molecule has 0 radical (unpaired) electrons. The smallest absolute Gasteiger partial charge is 0.269 e. The van der Waals surface area contributed by atoms with Crippen molar-refractivity contribution in [2.45, 2.75) is 25.6 Å². The number of carbonyl (C=O) groups is 1. The minimum Gasteiger partial charge on any atom is -0.394 e. The number of aliphatic hydroxyl groups is 2. The monoisotopic (exact) mass is 382 g/mol. The van der Waals surface area contributed by atoms with Gasteiger partial charge in [0, 0.05) is 18.3 Å². The number of nitro groups is 1. The molecule has 0 bridgehead atoms. The largest absolute Gasteiger partial charge is 0.394 e. The molecule has 3 unspecified atom stereocenters. The molecule has 2 rings (SSSR count). The quantitative estimate of drug-likeness (QED) is 0.465. The maximum Gasteiger partial charge on any atom is 0.269 e. The van der Waals surface area contributed by atoms with Crippen LogP contribution in [0.25, 0.3) is 0 Å². The van der Waals surface area contributed by atoms with Crippen LogP contribution < -0.4 is 5.32 Å². The van der Waals surface area contributed by atoms with Gasteiger partial charge in [0.25, 0.3) is 5.69 Å². The molecule has 10 heteroatoms. The first-order valence-electron chi connectivity index (χ1n) is 7.83. The van der Waals surface area contributed by atoms with Crippen molar-refractivity contribution in [3.8, 4) is 0 Å². The van der Waals surface area contributed by atoms with Crippen LogP contribution in [0.1, 0.15) is 18.6 Å². The molecular formula is C16H19ClN4O5. The first kappa shape index (κ1) is 19.8. The van der Waals surface area contributed by atoms with Gasteiger partial charge in [0.15, 0.2) is 0 Å². The Balaban J connectivity index is 2.00. The molecule has 26 heavy (non-hydrogen) atoms. The molecule has 9 nitrogen and oxygen atoms in total. The van der Waals surface area contributed by atoms with Crippen molar-refractivity contribution in [3.63, 3.8) is 0 Å². The number of rotatable bonds is 8. The van der Waals surface area contributed by atoms with Crippen LogP contribution in [-0.2, 0) is 11.3 Å². The number of nitrogens with one attached hydrogen (secondary N) is 1. The Bertz CT molecular complexity index is 764. The Morgan fingerprint density at radius 2 is 2.08 bits per heavy atom. The summed E-state index contributed by atoms with van der Waals surface area (Å²) in [6.07, 6.45) is 1.83. The van der Waals surface area contributed by atoms with Gasteiger partial charge in [0.1, 0.15) is 6.10 Å². The highest BCUT2D eigenvalue weighted by molar-refractivity contribution is 6.30. The molecule has 0 saturated carbocycles. The van der Waals surface area contributed by atoms with Crippen LogP contribution in [0.2, 0.25) is 5.02 Å². The zero-order valence-electron chi connectivity index (χ0n) is 13.9. The molecule has 140 valence electrons. The van der Waals surface area contributed by atoms with Crippen molar-refractivity contribution in [3.05, 3.63) is 57.4 Å². The van der Waals surface area contributed by atoms with E-state index in [1.807, 2.05) is 0 Å². The second-order valence-corrected chi connectivity index (χ2v) is 6.31. The highest BCUT2D eigenvalue weighted by Crippen LogP contribution is 2.20. The number of nitro benzene ring substituents is 1. The van der Waals surface area contributed by atoms with Crippen molar-refractivity contribution in [1.29, 1.82) is 0 Å². The Labute approximate surface area is 154 Å². The lowest BCUT2D eigenvalue weighted by Crippen LogP contribution is -2.44. The van der Waals surface area contributed by atoms with E-state index < -0.39 is 29.6 Å². The third-order valence-corrected chi connectivity index (χ3v) is 4.06. The van der Waals surface area contributed by atoms with Gasteiger partial charge in [-0.1, -0.05) is 18.5 Å². The number of benzene rings is 1. The van der Waals surface area contributed by atoms with E-state index in [4.69, 9.17) is 11.6 Å². The van der Waals surface area contributed by atoms with Crippen LogP contribution in [-0.4, -0.2) is 43.5 Å². The normalized spacial score (nSPS) is 14.5. The summed E-state index contributed by atoms with van der Waals surface area (Å²) in [7, 11) is 0. The number of non-ortho nitro benzene ring substituents is 1. The second-order valence-electron chi connectivity index (χ2n) is 5.87. The number of hydrogen-bond donors (Lipinski definition) is 3. The molecule has 3 N–H and O–H groups in total. The molecule has 2 aromatic rings.